The van der Waals surface area contributed by atoms with Crippen LogP contribution in [0.2, 0.25) is 0 Å². The lowest BCUT2D eigenvalue weighted by Crippen LogP contribution is -2.30. The van der Waals surface area contributed by atoms with Gasteiger partial charge in [-0.2, -0.15) is 0 Å². The largest absolute Gasteiger partial charge is 0.496 e. The number of carbonyl (C=O) groups excluding carboxylic acids is 2. The van der Waals surface area contributed by atoms with Crippen LogP contribution in [-0.2, 0) is 20.9 Å². The molecule has 0 saturated carbocycles. The summed E-state index contributed by atoms with van der Waals surface area (Å²) in [5, 5.41) is 13.5. The number of nitrogens with one attached hydrogen (secondary N) is 1. The fraction of sp³-hybridized carbons (Fsp3) is 0.300. The van der Waals surface area contributed by atoms with Crippen LogP contribution in [0.15, 0.2) is 42.5 Å². The SMILES string of the molecule is CCOCc1cc(C(=O)O[C@@H](C)C(=O)Nc2ccccc2[N+](=O)[O-])ccc1OC. The minimum Gasteiger partial charge on any atom is -0.496 e. The van der Waals surface area contributed by atoms with Crippen molar-refractivity contribution < 1.29 is 28.7 Å². The van der Waals surface area contributed by atoms with E-state index in [9.17, 15) is 19.7 Å². The van der Waals surface area contributed by atoms with Crippen LogP contribution in [0.1, 0.15) is 29.8 Å². The highest BCUT2D eigenvalue weighted by Gasteiger charge is 2.22. The van der Waals surface area contributed by atoms with Gasteiger partial charge in [-0.05, 0) is 38.1 Å². The highest BCUT2D eigenvalue weighted by molar-refractivity contribution is 5.98. The fourth-order valence-electron chi connectivity index (χ4n) is 2.49. The zero-order chi connectivity index (χ0) is 21.4. The molecule has 0 aliphatic carbocycles. The van der Waals surface area contributed by atoms with Gasteiger partial charge in [0.2, 0.25) is 0 Å². The molecule has 2 aromatic carbocycles. The Morgan fingerprint density at radius 2 is 1.93 bits per heavy atom. The van der Waals surface area contributed by atoms with E-state index in [1.807, 2.05) is 6.92 Å². The van der Waals surface area contributed by atoms with Crippen LogP contribution >= 0.6 is 0 Å². The summed E-state index contributed by atoms with van der Waals surface area (Å²) in [6.07, 6.45) is -1.17. The van der Waals surface area contributed by atoms with E-state index >= 15 is 0 Å². The molecule has 0 radical (unpaired) electrons. The quantitative estimate of drug-likeness (QED) is 0.388. The Balaban J connectivity index is 2.08. The number of carbonyl (C=O) groups is 2. The van der Waals surface area contributed by atoms with Gasteiger partial charge in [-0.15, -0.1) is 0 Å². The van der Waals surface area contributed by atoms with E-state index in [2.05, 4.69) is 5.32 Å². The van der Waals surface area contributed by atoms with E-state index in [1.165, 1.54) is 38.3 Å². The maximum atomic E-state index is 12.4. The highest BCUT2D eigenvalue weighted by Crippen LogP contribution is 2.24. The number of para-hydroxylation sites is 2. The summed E-state index contributed by atoms with van der Waals surface area (Å²) in [6, 6.07) is 10.4. The van der Waals surface area contributed by atoms with Crippen molar-refractivity contribution in [3.05, 3.63) is 63.7 Å². The predicted octanol–water partition coefficient (Wildman–Crippen LogP) is 3.32. The van der Waals surface area contributed by atoms with E-state index in [-0.39, 0.29) is 23.5 Å². The maximum Gasteiger partial charge on any atom is 0.338 e. The van der Waals surface area contributed by atoms with Gasteiger partial charge in [0.15, 0.2) is 6.10 Å². The number of methoxy groups -OCH3 is 1. The minimum absolute atomic E-state index is 0.0221. The van der Waals surface area contributed by atoms with E-state index < -0.39 is 22.9 Å². The second-order valence-corrected chi connectivity index (χ2v) is 5.97. The van der Waals surface area contributed by atoms with Crippen molar-refractivity contribution in [1.82, 2.24) is 0 Å². The third kappa shape index (κ3) is 5.76. The molecular weight excluding hydrogens is 380 g/mol. The van der Waals surface area contributed by atoms with Crippen LogP contribution in [0, 0.1) is 10.1 Å². The van der Waals surface area contributed by atoms with Crippen LogP contribution < -0.4 is 10.1 Å². The molecule has 0 unspecified atom stereocenters. The average molecular weight is 402 g/mol. The Kier molecular flexibility index (Phi) is 7.67. The topological polar surface area (TPSA) is 117 Å². The van der Waals surface area contributed by atoms with Gasteiger partial charge in [-0.1, -0.05) is 12.1 Å². The molecule has 0 heterocycles. The van der Waals surface area contributed by atoms with E-state index in [4.69, 9.17) is 14.2 Å². The van der Waals surface area contributed by atoms with E-state index in [1.54, 1.807) is 18.2 Å². The monoisotopic (exact) mass is 402 g/mol. The van der Waals surface area contributed by atoms with Crippen molar-refractivity contribution >= 4 is 23.3 Å². The lowest BCUT2D eigenvalue weighted by molar-refractivity contribution is -0.383. The van der Waals surface area contributed by atoms with Crippen LogP contribution in [0.3, 0.4) is 0 Å². The number of nitro benzene ring substituents is 1. The Morgan fingerprint density at radius 3 is 2.59 bits per heavy atom. The molecule has 9 heteroatoms. The van der Waals surface area contributed by atoms with Crippen LogP contribution in [-0.4, -0.2) is 36.6 Å². The van der Waals surface area contributed by atoms with Gasteiger partial charge < -0.3 is 19.5 Å². The summed E-state index contributed by atoms with van der Waals surface area (Å²) in [4.78, 5) is 35.2. The first kappa shape index (κ1) is 21.8. The number of esters is 1. The Labute approximate surface area is 167 Å². The Bertz CT molecular complexity index is 898. The average Bonchev–Trinajstić information content (AvgIpc) is 2.72. The summed E-state index contributed by atoms with van der Waals surface area (Å²) in [7, 11) is 1.51. The van der Waals surface area contributed by atoms with Gasteiger partial charge in [0.1, 0.15) is 11.4 Å². The number of nitro groups is 1. The smallest absolute Gasteiger partial charge is 0.338 e. The van der Waals surface area contributed by atoms with Gasteiger partial charge in [0, 0.05) is 18.2 Å². The number of hydrogen-bond acceptors (Lipinski definition) is 7. The van der Waals surface area contributed by atoms with Crippen molar-refractivity contribution in [3.8, 4) is 5.75 Å². The molecule has 0 aliphatic rings. The normalized spacial score (nSPS) is 11.4. The molecule has 1 atom stereocenters. The summed E-state index contributed by atoms with van der Waals surface area (Å²) < 4.78 is 15.8. The minimum atomic E-state index is -1.17. The van der Waals surface area contributed by atoms with Crippen molar-refractivity contribution in [2.45, 2.75) is 26.6 Å². The van der Waals surface area contributed by atoms with Crippen molar-refractivity contribution in [2.24, 2.45) is 0 Å². The van der Waals surface area contributed by atoms with E-state index in [0.717, 1.165) is 0 Å². The fourth-order valence-corrected chi connectivity index (χ4v) is 2.49. The number of amides is 1. The first-order valence-electron chi connectivity index (χ1n) is 8.87. The molecule has 2 rings (SSSR count). The van der Waals surface area contributed by atoms with Gasteiger partial charge in [-0.25, -0.2) is 4.79 Å². The first-order valence-corrected chi connectivity index (χ1v) is 8.87. The van der Waals surface area contributed by atoms with Gasteiger partial charge >= 0.3 is 5.97 Å². The molecule has 9 nitrogen and oxygen atoms in total. The maximum absolute atomic E-state index is 12.4. The summed E-state index contributed by atoms with van der Waals surface area (Å²) in [5.74, 6) is -0.830. The predicted molar refractivity (Wildman–Crippen MR) is 105 cm³/mol. The Morgan fingerprint density at radius 1 is 1.21 bits per heavy atom. The summed E-state index contributed by atoms with van der Waals surface area (Å²) in [6.45, 7) is 3.99. The number of nitrogens with zero attached hydrogens (tertiary/aromatic N) is 1. The number of benzene rings is 2. The molecule has 154 valence electrons. The lowest BCUT2D eigenvalue weighted by atomic mass is 10.1. The molecule has 0 saturated heterocycles. The third-order valence-corrected chi connectivity index (χ3v) is 3.99. The first-order chi connectivity index (χ1) is 13.9. The number of hydrogen-bond donors (Lipinski definition) is 1. The summed E-state index contributed by atoms with van der Waals surface area (Å²) in [5.41, 5.74) is 0.663. The number of anilines is 1. The second-order valence-electron chi connectivity index (χ2n) is 5.97. The standard InChI is InChI=1S/C20H22N2O7/c1-4-28-12-15-11-14(9-10-18(15)27-3)20(24)29-13(2)19(23)21-16-7-5-6-8-17(16)22(25)26/h5-11,13H,4,12H2,1-3H3,(H,21,23)/t13-/m0/s1. The third-order valence-electron chi connectivity index (χ3n) is 3.99. The summed E-state index contributed by atoms with van der Waals surface area (Å²) >= 11 is 0. The second kappa shape index (κ2) is 10.2. The zero-order valence-corrected chi connectivity index (χ0v) is 16.3. The molecule has 2 aromatic rings. The molecule has 1 amide bonds. The van der Waals surface area contributed by atoms with Crippen LogP contribution in [0.4, 0.5) is 11.4 Å². The molecule has 0 aliphatic heterocycles. The number of ether oxygens (including phenoxy) is 3. The van der Waals surface area contributed by atoms with Crippen molar-refractivity contribution in [2.75, 3.05) is 19.0 Å². The lowest BCUT2D eigenvalue weighted by Gasteiger charge is -2.15. The molecule has 29 heavy (non-hydrogen) atoms. The molecule has 0 spiro atoms. The van der Waals surface area contributed by atoms with Crippen molar-refractivity contribution in [1.29, 1.82) is 0 Å². The zero-order valence-electron chi connectivity index (χ0n) is 16.3. The number of rotatable bonds is 9. The molecular formula is C20H22N2O7. The molecule has 0 fully saturated rings. The van der Waals surface area contributed by atoms with E-state index in [0.29, 0.717) is 17.9 Å². The van der Waals surface area contributed by atoms with Crippen LogP contribution in [0.25, 0.3) is 0 Å². The molecule has 0 bridgehead atoms. The molecule has 1 N–H and O–H groups in total. The van der Waals surface area contributed by atoms with Crippen molar-refractivity contribution in [3.63, 3.8) is 0 Å². The van der Waals surface area contributed by atoms with Gasteiger partial charge in [0.25, 0.3) is 11.6 Å². The van der Waals surface area contributed by atoms with Gasteiger partial charge in [-0.3, -0.25) is 14.9 Å². The highest BCUT2D eigenvalue weighted by atomic mass is 16.6. The Hall–Kier alpha value is -3.46. The molecule has 0 aromatic heterocycles. The van der Waals surface area contributed by atoms with Crippen LogP contribution in [0.5, 0.6) is 5.75 Å². The van der Waals surface area contributed by atoms with Gasteiger partial charge in [0.05, 0.1) is 24.2 Å².